The Morgan fingerprint density at radius 2 is 1.78 bits per heavy atom. The van der Waals surface area contributed by atoms with Gasteiger partial charge in [0.25, 0.3) is 0 Å². The van der Waals surface area contributed by atoms with Gasteiger partial charge in [-0.3, -0.25) is 14.5 Å². The second-order valence-corrected chi connectivity index (χ2v) is 5.92. The van der Waals surface area contributed by atoms with Crippen molar-refractivity contribution in [2.24, 2.45) is 0 Å². The van der Waals surface area contributed by atoms with Crippen LogP contribution in [0.25, 0.3) is 0 Å². The van der Waals surface area contributed by atoms with E-state index in [-0.39, 0.29) is 18.4 Å². The molecular weight excluding hydrogens is 294 g/mol. The summed E-state index contributed by atoms with van der Waals surface area (Å²) in [5, 5.41) is 2.69. The fourth-order valence-electron chi connectivity index (χ4n) is 2.01. The lowest BCUT2D eigenvalue weighted by molar-refractivity contribution is -0.134. The van der Waals surface area contributed by atoms with Gasteiger partial charge in [0, 0.05) is 20.6 Å². The van der Waals surface area contributed by atoms with Crippen LogP contribution >= 0.6 is 0 Å². The second-order valence-electron chi connectivity index (χ2n) is 5.92. The number of amides is 2. The Morgan fingerprint density at radius 3 is 2.35 bits per heavy atom. The Labute approximate surface area is 138 Å². The van der Waals surface area contributed by atoms with Gasteiger partial charge in [0.15, 0.2) is 0 Å². The van der Waals surface area contributed by atoms with E-state index >= 15 is 0 Å². The minimum Gasteiger partial charge on any atom is -0.492 e. The van der Waals surface area contributed by atoms with Crippen LogP contribution in [0.2, 0.25) is 0 Å². The molecule has 6 heteroatoms. The van der Waals surface area contributed by atoms with Gasteiger partial charge in [0.05, 0.1) is 6.54 Å². The maximum absolute atomic E-state index is 11.9. The molecule has 0 fully saturated rings. The van der Waals surface area contributed by atoms with E-state index in [0.717, 1.165) is 5.75 Å². The van der Waals surface area contributed by atoms with Crippen LogP contribution in [0.15, 0.2) is 24.3 Å². The first-order valence-electron chi connectivity index (χ1n) is 7.68. The van der Waals surface area contributed by atoms with Crippen LogP contribution in [0.1, 0.15) is 12.5 Å². The highest BCUT2D eigenvalue weighted by molar-refractivity contribution is 5.87. The van der Waals surface area contributed by atoms with Gasteiger partial charge >= 0.3 is 0 Å². The van der Waals surface area contributed by atoms with Crippen LogP contribution in [0, 0.1) is 6.92 Å². The fourth-order valence-corrected chi connectivity index (χ4v) is 2.01. The van der Waals surface area contributed by atoms with Gasteiger partial charge in [-0.05, 0) is 33.0 Å². The van der Waals surface area contributed by atoms with Crippen LogP contribution in [-0.4, -0.2) is 68.5 Å². The minimum absolute atomic E-state index is 0.122. The van der Waals surface area contributed by atoms with Crippen molar-refractivity contribution < 1.29 is 14.3 Å². The average molecular weight is 321 g/mol. The normalized spacial score (nSPS) is 11.9. The molecule has 1 aromatic carbocycles. The highest BCUT2D eigenvalue weighted by Gasteiger charge is 2.17. The summed E-state index contributed by atoms with van der Waals surface area (Å²) in [6.07, 6.45) is 0. The quantitative estimate of drug-likeness (QED) is 0.773. The predicted molar refractivity (Wildman–Crippen MR) is 90.5 cm³/mol. The summed E-state index contributed by atoms with van der Waals surface area (Å²) in [6, 6.07) is 7.33. The smallest absolute Gasteiger partial charge is 0.244 e. The Balaban J connectivity index is 2.27. The molecule has 6 nitrogen and oxygen atoms in total. The number of nitrogens with one attached hydrogen (secondary N) is 1. The van der Waals surface area contributed by atoms with Gasteiger partial charge in [-0.2, -0.15) is 0 Å². The van der Waals surface area contributed by atoms with Gasteiger partial charge in [-0.25, -0.2) is 0 Å². The number of hydrogen-bond acceptors (Lipinski definition) is 4. The lowest BCUT2D eigenvalue weighted by Gasteiger charge is -2.20. The molecule has 0 heterocycles. The monoisotopic (exact) mass is 321 g/mol. The molecular formula is C17H27N3O3. The number of likely N-dealkylation sites (N-methyl/N-ethyl adjacent to an activating group) is 2. The zero-order valence-corrected chi connectivity index (χ0v) is 14.6. The summed E-state index contributed by atoms with van der Waals surface area (Å²) in [4.78, 5) is 26.9. The first-order valence-corrected chi connectivity index (χ1v) is 7.68. The Hall–Kier alpha value is -2.08. The number of ether oxygens (including phenoxy) is 1. The zero-order chi connectivity index (χ0) is 17.4. The summed E-state index contributed by atoms with van der Waals surface area (Å²) >= 11 is 0. The van der Waals surface area contributed by atoms with Gasteiger partial charge in [0.2, 0.25) is 11.8 Å². The van der Waals surface area contributed by atoms with Crippen LogP contribution in [0.5, 0.6) is 5.75 Å². The van der Waals surface area contributed by atoms with Crippen LogP contribution in [-0.2, 0) is 9.59 Å². The van der Waals surface area contributed by atoms with E-state index < -0.39 is 6.04 Å². The molecule has 1 atom stereocenters. The van der Waals surface area contributed by atoms with Crippen molar-refractivity contribution in [3.05, 3.63) is 29.8 Å². The number of benzene rings is 1. The topological polar surface area (TPSA) is 61.9 Å². The third kappa shape index (κ3) is 7.15. The molecule has 0 aliphatic heterocycles. The van der Waals surface area contributed by atoms with Gasteiger partial charge in [-0.1, -0.05) is 17.7 Å². The molecule has 0 saturated heterocycles. The Morgan fingerprint density at radius 1 is 1.17 bits per heavy atom. The lowest BCUT2D eigenvalue weighted by atomic mass is 10.2. The predicted octanol–water partition coefficient (Wildman–Crippen LogP) is 0.899. The van der Waals surface area contributed by atoms with Crippen molar-refractivity contribution in [3.63, 3.8) is 0 Å². The Kier molecular flexibility index (Phi) is 7.54. The SMILES string of the molecule is Cc1ccc(OCCN(C)CC(=O)NC(C)C(=O)N(C)C)cc1. The summed E-state index contributed by atoms with van der Waals surface area (Å²) in [7, 11) is 5.18. The molecule has 1 rings (SSSR count). The van der Waals surface area contributed by atoms with E-state index in [1.54, 1.807) is 21.0 Å². The lowest BCUT2D eigenvalue weighted by Crippen LogP contribution is -2.47. The summed E-state index contributed by atoms with van der Waals surface area (Å²) < 4.78 is 5.63. The molecule has 1 unspecified atom stereocenters. The molecule has 0 bridgehead atoms. The van der Waals surface area contributed by atoms with E-state index in [2.05, 4.69) is 5.32 Å². The van der Waals surface area contributed by atoms with Crippen molar-refractivity contribution in [2.45, 2.75) is 19.9 Å². The number of hydrogen-bond donors (Lipinski definition) is 1. The van der Waals surface area contributed by atoms with Gasteiger partial charge in [0.1, 0.15) is 18.4 Å². The number of rotatable bonds is 8. The average Bonchev–Trinajstić information content (AvgIpc) is 2.48. The maximum atomic E-state index is 11.9. The van der Waals surface area contributed by atoms with Gasteiger partial charge in [-0.15, -0.1) is 0 Å². The largest absolute Gasteiger partial charge is 0.492 e. The highest BCUT2D eigenvalue weighted by atomic mass is 16.5. The maximum Gasteiger partial charge on any atom is 0.244 e. The van der Waals surface area contributed by atoms with Crippen molar-refractivity contribution >= 4 is 11.8 Å². The zero-order valence-electron chi connectivity index (χ0n) is 14.6. The first-order chi connectivity index (χ1) is 10.8. The van der Waals surface area contributed by atoms with Crippen molar-refractivity contribution in [1.29, 1.82) is 0 Å². The van der Waals surface area contributed by atoms with E-state index in [4.69, 9.17) is 4.74 Å². The number of carbonyl (C=O) groups excluding carboxylic acids is 2. The molecule has 0 aliphatic rings. The van der Waals surface area contributed by atoms with Crippen molar-refractivity contribution in [2.75, 3.05) is 40.8 Å². The Bertz CT molecular complexity index is 514. The summed E-state index contributed by atoms with van der Waals surface area (Å²) in [5.41, 5.74) is 1.19. The molecule has 2 amide bonds. The number of carbonyl (C=O) groups is 2. The molecule has 23 heavy (non-hydrogen) atoms. The molecule has 0 saturated carbocycles. The summed E-state index contributed by atoms with van der Waals surface area (Å²) in [6.45, 7) is 5.05. The van der Waals surface area contributed by atoms with Crippen LogP contribution in [0.3, 0.4) is 0 Å². The molecule has 0 aliphatic carbocycles. The molecule has 0 spiro atoms. The molecule has 0 radical (unpaired) electrons. The van der Waals surface area contributed by atoms with E-state index in [1.165, 1.54) is 10.5 Å². The third-order valence-electron chi connectivity index (χ3n) is 3.36. The minimum atomic E-state index is -0.519. The first kappa shape index (κ1) is 19.0. The van der Waals surface area contributed by atoms with Crippen molar-refractivity contribution in [3.8, 4) is 5.75 Å². The van der Waals surface area contributed by atoms with E-state index in [1.807, 2.05) is 43.1 Å². The number of aryl methyl sites for hydroxylation is 1. The van der Waals surface area contributed by atoms with Crippen molar-refractivity contribution in [1.82, 2.24) is 15.1 Å². The second kappa shape index (κ2) is 9.15. The standard InChI is InChI=1S/C17H27N3O3/c1-13-6-8-15(9-7-13)23-11-10-20(5)12-16(21)18-14(2)17(22)19(3)4/h6-9,14H,10-12H2,1-5H3,(H,18,21). The third-order valence-corrected chi connectivity index (χ3v) is 3.36. The fraction of sp³-hybridized carbons (Fsp3) is 0.529. The molecule has 0 aromatic heterocycles. The van der Waals surface area contributed by atoms with Crippen LogP contribution < -0.4 is 10.1 Å². The van der Waals surface area contributed by atoms with Gasteiger partial charge < -0.3 is 15.0 Å². The summed E-state index contributed by atoms with van der Waals surface area (Å²) in [5.74, 6) is 0.521. The molecule has 1 N–H and O–H groups in total. The molecule has 1 aromatic rings. The highest BCUT2D eigenvalue weighted by Crippen LogP contribution is 2.10. The number of nitrogens with zero attached hydrogens (tertiary/aromatic N) is 2. The van der Waals surface area contributed by atoms with Crippen LogP contribution in [0.4, 0.5) is 0 Å². The molecule has 128 valence electrons. The van der Waals surface area contributed by atoms with E-state index in [0.29, 0.717) is 13.2 Å². The van der Waals surface area contributed by atoms with E-state index in [9.17, 15) is 9.59 Å².